The van der Waals surface area contributed by atoms with Crippen LogP contribution in [-0.2, 0) is 18.9 Å². The highest BCUT2D eigenvalue weighted by molar-refractivity contribution is 5.92. The second-order valence-electron chi connectivity index (χ2n) is 7.34. The number of benzene rings is 1. The fourth-order valence-corrected chi connectivity index (χ4v) is 3.25. The standard InChI is InChI=1S/C19H26O12/c1-27-16(25)9-4-2-3-5-10(9)30-17-14(23)13(22)12(21)11(31-17)6-28-18-15(24)19(26,7-20)8-29-18/h2-5,11-15,17-18,20-24,26H,6-8H2,1H3/t11-,12-,13-,14-,15+,17-,18-,19?/m1/s1. The second kappa shape index (κ2) is 9.73. The van der Waals surface area contributed by atoms with Crippen LogP contribution in [0.15, 0.2) is 24.3 Å². The van der Waals surface area contributed by atoms with Crippen LogP contribution in [0.1, 0.15) is 10.4 Å². The minimum Gasteiger partial charge on any atom is -0.465 e. The van der Waals surface area contributed by atoms with E-state index < -0.39 is 67.9 Å². The first-order chi connectivity index (χ1) is 14.7. The number of aliphatic hydroxyl groups excluding tert-OH is 5. The Morgan fingerprint density at radius 2 is 1.84 bits per heavy atom. The lowest BCUT2D eigenvalue weighted by atomic mass is 9.99. The largest absolute Gasteiger partial charge is 0.465 e. The molecule has 1 aromatic rings. The fraction of sp³-hybridized carbons (Fsp3) is 0.632. The molecule has 2 saturated heterocycles. The van der Waals surface area contributed by atoms with Gasteiger partial charge in [-0.05, 0) is 12.1 Å². The summed E-state index contributed by atoms with van der Waals surface area (Å²) in [6.45, 7) is -1.55. The third kappa shape index (κ3) is 4.82. The van der Waals surface area contributed by atoms with Gasteiger partial charge in [-0.1, -0.05) is 12.1 Å². The minimum atomic E-state index is -1.89. The van der Waals surface area contributed by atoms with Crippen molar-refractivity contribution in [3.8, 4) is 5.75 Å². The number of esters is 1. The van der Waals surface area contributed by atoms with E-state index in [4.69, 9.17) is 24.1 Å². The summed E-state index contributed by atoms with van der Waals surface area (Å²) < 4.78 is 26.2. The number of hydrogen-bond acceptors (Lipinski definition) is 12. The molecule has 2 heterocycles. The van der Waals surface area contributed by atoms with Crippen LogP contribution in [0.2, 0.25) is 0 Å². The Hall–Kier alpha value is -1.87. The molecule has 2 aliphatic rings. The van der Waals surface area contributed by atoms with Crippen LogP contribution in [0, 0.1) is 0 Å². The molecule has 31 heavy (non-hydrogen) atoms. The number of hydrogen-bond donors (Lipinski definition) is 6. The normalized spacial score (nSPS) is 38.1. The van der Waals surface area contributed by atoms with Crippen molar-refractivity contribution < 1.29 is 59.1 Å². The average Bonchev–Trinajstić information content (AvgIpc) is 3.07. The highest BCUT2D eigenvalue weighted by Crippen LogP contribution is 2.29. The Kier molecular flexibility index (Phi) is 7.47. The van der Waals surface area contributed by atoms with Gasteiger partial charge in [0.2, 0.25) is 6.29 Å². The zero-order valence-corrected chi connectivity index (χ0v) is 16.6. The molecule has 0 radical (unpaired) electrons. The van der Waals surface area contributed by atoms with Crippen molar-refractivity contribution in [1.29, 1.82) is 0 Å². The first-order valence-corrected chi connectivity index (χ1v) is 9.50. The van der Waals surface area contributed by atoms with E-state index in [0.717, 1.165) is 0 Å². The van der Waals surface area contributed by atoms with Crippen LogP contribution in [0.4, 0.5) is 0 Å². The molecule has 2 aliphatic heterocycles. The number of ether oxygens (including phenoxy) is 5. The molecule has 12 nitrogen and oxygen atoms in total. The van der Waals surface area contributed by atoms with Crippen LogP contribution in [0.3, 0.4) is 0 Å². The summed E-state index contributed by atoms with van der Waals surface area (Å²) in [6, 6.07) is 6.02. The van der Waals surface area contributed by atoms with Gasteiger partial charge < -0.3 is 54.3 Å². The predicted molar refractivity (Wildman–Crippen MR) is 98.8 cm³/mol. The Labute approximate surface area is 177 Å². The molecule has 0 aromatic heterocycles. The minimum absolute atomic E-state index is 0.0178. The van der Waals surface area contributed by atoms with E-state index in [-0.39, 0.29) is 17.9 Å². The van der Waals surface area contributed by atoms with Crippen LogP contribution < -0.4 is 4.74 Å². The summed E-state index contributed by atoms with van der Waals surface area (Å²) in [4.78, 5) is 11.9. The molecule has 12 heteroatoms. The smallest absolute Gasteiger partial charge is 0.341 e. The van der Waals surface area contributed by atoms with E-state index in [1.54, 1.807) is 12.1 Å². The number of methoxy groups -OCH3 is 1. The molecular weight excluding hydrogens is 420 g/mol. The summed E-state index contributed by atoms with van der Waals surface area (Å²) in [5, 5.41) is 59.9. The molecule has 3 rings (SSSR count). The zero-order chi connectivity index (χ0) is 22.8. The van der Waals surface area contributed by atoms with Crippen LogP contribution in [0.25, 0.3) is 0 Å². The van der Waals surface area contributed by atoms with Gasteiger partial charge in [0.1, 0.15) is 47.4 Å². The number of aliphatic hydroxyl groups is 6. The van der Waals surface area contributed by atoms with Gasteiger partial charge in [-0.2, -0.15) is 0 Å². The van der Waals surface area contributed by atoms with Crippen LogP contribution in [0.5, 0.6) is 5.75 Å². The quantitative estimate of drug-likeness (QED) is 0.235. The SMILES string of the molecule is COC(=O)c1ccccc1O[C@@H]1O[C@H](CO[C@@H]2OCC(O)(CO)[C@H]2O)[C@@H](O)[C@@H](O)[C@H]1O. The van der Waals surface area contributed by atoms with Crippen LogP contribution >= 0.6 is 0 Å². The summed E-state index contributed by atoms with van der Waals surface area (Å²) >= 11 is 0. The maximum atomic E-state index is 11.9. The topological polar surface area (TPSA) is 185 Å². The second-order valence-corrected chi connectivity index (χ2v) is 7.34. The van der Waals surface area contributed by atoms with Gasteiger partial charge in [-0.25, -0.2) is 4.79 Å². The maximum Gasteiger partial charge on any atom is 0.341 e. The van der Waals surface area contributed by atoms with E-state index in [1.807, 2.05) is 0 Å². The Morgan fingerprint density at radius 1 is 1.13 bits per heavy atom. The molecule has 174 valence electrons. The Morgan fingerprint density at radius 3 is 2.48 bits per heavy atom. The maximum absolute atomic E-state index is 11.9. The summed E-state index contributed by atoms with van der Waals surface area (Å²) in [5.41, 5.74) is -1.84. The number of para-hydroxylation sites is 1. The molecular formula is C19H26O12. The molecule has 0 spiro atoms. The van der Waals surface area contributed by atoms with Crippen molar-refractivity contribution in [1.82, 2.24) is 0 Å². The van der Waals surface area contributed by atoms with E-state index in [1.165, 1.54) is 19.2 Å². The molecule has 8 atom stereocenters. The lowest BCUT2D eigenvalue weighted by Crippen LogP contribution is -2.60. The van der Waals surface area contributed by atoms with Gasteiger partial charge in [-0.15, -0.1) is 0 Å². The zero-order valence-electron chi connectivity index (χ0n) is 16.6. The van der Waals surface area contributed by atoms with Crippen molar-refractivity contribution >= 4 is 5.97 Å². The third-order valence-corrected chi connectivity index (χ3v) is 5.21. The summed E-state index contributed by atoms with van der Waals surface area (Å²) in [6.07, 6.45) is -10.5. The Bertz CT molecular complexity index is 759. The molecule has 0 bridgehead atoms. The lowest BCUT2D eigenvalue weighted by molar-refractivity contribution is -0.289. The fourth-order valence-electron chi connectivity index (χ4n) is 3.25. The Balaban J connectivity index is 1.68. The van der Waals surface area contributed by atoms with Crippen molar-refractivity contribution in [2.75, 3.05) is 26.9 Å². The van der Waals surface area contributed by atoms with Gasteiger partial charge in [0.05, 0.1) is 26.9 Å². The summed E-state index contributed by atoms with van der Waals surface area (Å²) in [7, 11) is 1.19. The van der Waals surface area contributed by atoms with Crippen LogP contribution in [-0.4, -0.2) is 112 Å². The monoisotopic (exact) mass is 446 g/mol. The van der Waals surface area contributed by atoms with Crippen molar-refractivity contribution in [3.05, 3.63) is 29.8 Å². The van der Waals surface area contributed by atoms with Crippen molar-refractivity contribution in [2.24, 2.45) is 0 Å². The highest BCUT2D eigenvalue weighted by atomic mass is 16.7. The van der Waals surface area contributed by atoms with Crippen molar-refractivity contribution in [3.63, 3.8) is 0 Å². The van der Waals surface area contributed by atoms with E-state index >= 15 is 0 Å². The number of rotatable bonds is 7. The molecule has 1 aromatic carbocycles. The van der Waals surface area contributed by atoms with Gasteiger partial charge in [-0.3, -0.25) is 0 Å². The molecule has 0 aliphatic carbocycles. The molecule has 0 amide bonds. The van der Waals surface area contributed by atoms with Gasteiger partial charge in [0.15, 0.2) is 6.29 Å². The first-order valence-electron chi connectivity index (χ1n) is 9.50. The predicted octanol–water partition coefficient (Wildman–Crippen LogP) is -2.88. The number of carbonyl (C=O) groups is 1. The van der Waals surface area contributed by atoms with Gasteiger partial charge in [0.25, 0.3) is 0 Å². The molecule has 1 unspecified atom stereocenters. The first kappa shape index (κ1) is 23.8. The highest BCUT2D eigenvalue weighted by Gasteiger charge is 2.50. The van der Waals surface area contributed by atoms with Crippen molar-refractivity contribution in [2.45, 2.75) is 48.7 Å². The van der Waals surface area contributed by atoms with E-state index in [0.29, 0.717) is 0 Å². The lowest BCUT2D eigenvalue weighted by Gasteiger charge is -2.40. The number of carbonyl (C=O) groups excluding carboxylic acids is 1. The molecule has 2 fully saturated rings. The van der Waals surface area contributed by atoms with E-state index in [2.05, 4.69) is 4.74 Å². The summed E-state index contributed by atoms with van der Waals surface area (Å²) in [5.74, 6) is -0.672. The van der Waals surface area contributed by atoms with Gasteiger partial charge in [0, 0.05) is 0 Å². The molecule has 6 N–H and O–H groups in total. The average molecular weight is 446 g/mol. The molecule has 0 saturated carbocycles. The third-order valence-electron chi connectivity index (χ3n) is 5.21. The van der Waals surface area contributed by atoms with Gasteiger partial charge >= 0.3 is 5.97 Å². The van der Waals surface area contributed by atoms with E-state index in [9.17, 15) is 30.3 Å².